The summed E-state index contributed by atoms with van der Waals surface area (Å²) in [5.41, 5.74) is -2.49. The Labute approximate surface area is 199 Å². The third-order valence-electron chi connectivity index (χ3n) is 7.25. The molecule has 190 valence electrons. The maximum atomic E-state index is 12.2. The molecule has 2 aromatic carbocycles. The number of hydrogen-bond donors (Lipinski definition) is 7. The van der Waals surface area contributed by atoms with Crippen LogP contribution in [0.2, 0.25) is 0 Å². The molecule has 11 nitrogen and oxygen atoms in total. The van der Waals surface area contributed by atoms with Crippen molar-refractivity contribution in [2.24, 2.45) is 5.92 Å². The monoisotopic (exact) mass is 492 g/mol. The van der Waals surface area contributed by atoms with Gasteiger partial charge in [-0.1, -0.05) is 6.92 Å². The van der Waals surface area contributed by atoms with Gasteiger partial charge in [0.25, 0.3) is 0 Å². The molecule has 35 heavy (non-hydrogen) atoms. The fourth-order valence-corrected chi connectivity index (χ4v) is 5.24. The van der Waals surface area contributed by atoms with E-state index < -0.39 is 65.5 Å². The fourth-order valence-electron chi connectivity index (χ4n) is 5.24. The highest BCUT2D eigenvalue weighted by atomic mass is 16.7. The van der Waals surface area contributed by atoms with Crippen LogP contribution in [-0.4, -0.2) is 83.8 Å². The fraction of sp³-hybridized carbons (Fsp3) is 0.500. The number of phenols is 2. The number of aromatic carboxylic acids is 1. The maximum Gasteiger partial charge on any atom is 0.335 e. The van der Waals surface area contributed by atoms with E-state index in [-0.39, 0.29) is 39.6 Å². The van der Waals surface area contributed by atoms with Gasteiger partial charge in [0.05, 0.1) is 22.6 Å². The molecule has 0 radical (unpaired) electrons. The summed E-state index contributed by atoms with van der Waals surface area (Å²) < 4.78 is 11.4. The normalized spacial score (nSPS) is 32.8. The van der Waals surface area contributed by atoms with E-state index in [0.29, 0.717) is 6.42 Å². The molecule has 0 aromatic heterocycles. The van der Waals surface area contributed by atoms with E-state index >= 15 is 0 Å². The van der Waals surface area contributed by atoms with Crippen LogP contribution >= 0.6 is 0 Å². The summed E-state index contributed by atoms with van der Waals surface area (Å²) in [5.74, 6) is -3.88. The quantitative estimate of drug-likeness (QED) is 0.236. The van der Waals surface area contributed by atoms with E-state index in [2.05, 4.69) is 0 Å². The van der Waals surface area contributed by atoms with Crippen LogP contribution in [0, 0.1) is 12.8 Å². The first kappa shape index (κ1) is 25.1. The van der Waals surface area contributed by atoms with Crippen LogP contribution in [0.25, 0.3) is 10.8 Å². The van der Waals surface area contributed by atoms with Gasteiger partial charge >= 0.3 is 5.97 Å². The molecule has 1 aliphatic heterocycles. The predicted octanol–water partition coefficient (Wildman–Crippen LogP) is 0.808. The molecule has 7 unspecified atom stereocenters. The molecular formula is C24H28O11. The van der Waals surface area contributed by atoms with Gasteiger partial charge < -0.3 is 45.2 Å². The summed E-state index contributed by atoms with van der Waals surface area (Å²) in [6.45, 7) is 4.21. The third-order valence-corrected chi connectivity index (χ3v) is 7.25. The Balaban J connectivity index is 1.87. The number of rotatable bonds is 4. The second-order valence-electron chi connectivity index (χ2n) is 9.37. The lowest BCUT2D eigenvalue weighted by Gasteiger charge is -2.54. The molecule has 0 bridgehead atoms. The number of ketones is 1. The highest BCUT2D eigenvalue weighted by molar-refractivity contribution is 6.11. The molecule has 2 aliphatic rings. The summed E-state index contributed by atoms with van der Waals surface area (Å²) >= 11 is 0. The van der Waals surface area contributed by atoms with Crippen LogP contribution < -0.4 is 4.74 Å². The van der Waals surface area contributed by atoms with Gasteiger partial charge in [0.2, 0.25) is 6.29 Å². The van der Waals surface area contributed by atoms with Gasteiger partial charge in [-0.25, -0.2) is 4.79 Å². The lowest BCUT2D eigenvalue weighted by Crippen LogP contribution is -2.73. The SMILES string of the molecule is CC(=O)c1c(C)c(O)c2cc(C(=O)O)cc(OC3OC4C(O)CCC(C)C4(O)C(O)C3O)c2c1O. The Hall–Kier alpha value is -2.96. The number of Topliss-reactive ketones (excluding diaryl/α,β-unsaturated/α-hetero) is 1. The number of aromatic hydroxyl groups is 2. The van der Waals surface area contributed by atoms with Crippen LogP contribution in [0.5, 0.6) is 17.2 Å². The van der Waals surface area contributed by atoms with Crippen molar-refractivity contribution in [3.05, 3.63) is 28.8 Å². The minimum absolute atomic E-state index is 0.0322. The van der Waals surface area contributed by atoms with Crippen molar-refractivity contribution in [3.63, 3.8) is 0 Å². The molecule has 1 saturated carbocycles. The topological polar surface area (TPSA) is 194 Å². The number of hydrogen-bond acceptors (Lipinski definition) is 10. The van der Waals surface area contributed by atoms with Gasteiger partial charge in [-0.3, -0.25) is 4.79 Å². The molecule has 0 spiro atoms. The Bertz CT molecular complexity index is 1210. The first-order chi connectivity index (χ1) is 16.3. The van der Waals surface area contributed by atoms with Gasteiger partial charge in [0.1, 0.15) is 41.2 Å². The summed E-state index contributed by atoms with van der Waals surface area (Å²) in [4.78, 5) is 23.9. The summed E-state index contributed by atoms with van der Waals surface area (Å²) in [6.07, 6.45) is -7.21. The Morgan fingerprint density at radius 2 is 1.77 bits per heavy atom. The number of carbonyl (C=O) groups is 2. The minimum Gasteiger partial charge on any atom is -0.507 e. The maximum absolute atomic E-state index is 12.2. The van der Waals surface area contributed by atoms with Crippen LogP contribution in [0.3, 0.4) is 0 Å². The van der Waals surface area contributed by atoms with E-state index in [1.165, 1.54) is 13.8 Å². The third kappa shape index (κ3) is 3.71. The minimum atomic E-state index is -1.97. The molecule has 2 fully saturated rings. The molecule has 0 amide bonds. The van der Waals surface area contributed by atoms with Crippen molar-refractivity contribution in [2.45, 2.75) is 69.9 Å². The number of carbonyl (C=O) groups excluding carboxylic acids is 1. The van der Waals surface area contributed by atoms with E-state index in [1.54, 1.807) is 6.92 Å². The number of ether oxygens (including phenoxy) is 2. The van der Waals surface area contributed by atoms with Crippen LogP contribution in [-0.2, 0) is 4.74 Å². The highest BCUT2D eigenvalue weighted by Crippen LogP contribution is 2.47. The Kier molecular flexibility index (Phi) is 6.18. The van der Waals surface area contributed by atoms with Gasteiger partial charge in [-0.15, -0.1) is 0 Å². The van der Waals surface area contributed by atoms with Crippen molar-refractivity contribution < 1.29 is 54.8 Å². The summed E-state index contributed by atoms with van der Waals surface area (Å²) in [6, 6.07) is 2.10. The first-order valence-corrected chi connectivity index (χ1v) is 11.2. The van der Waals surface area contributed by atoms with E-state index in [4.69, 9.17) is 9.47 Å². The van der Waals surface area contributed by atoms with Crippen molar-refractivity contribution in [1.82, 2.24) is 0 Å². The zero-order valence-corrected chi connectivity index (χ0v) is 19.3. The molecule has 1 heterocycles. The van der Waals surface area contributed by atoms with Gasteiger partial charge in [-0.2, -0.15) is 0 Å². The highest BCUT2D eigenvalue weighted by Gasteiger charge is 2.61. The number of carboxylic acid groups (broad SMARTS) is 1. The standard InChI is InChI=1S/C24H28O11/c1-8-4-5-13(26)21-24(8,33)20(30)19(29)23(35-21)34-14-7-11(22(31)32)6-12-16(14)18(28)15(10(3)25)9(2)17(12)27/h6-8,13,19-21,23,26-30,33H,4-5H2,1-3H3,(H,31,32). The Morgan fingerprint density at radius 1 is 1.11 bits per heavy atom. The summed E-state index contributed by atoms with van der Waals surface area (Å²) in [7, 11) is 0. The number of carboxylic acids is 1. The number of benzene rings is 2. The molecule has 11 heteroatoms. The second-order valence-corrected chi connectivity index (χ2v) is 9.37. The zero-order chi connectivity index (χ0) is 26.0. The van der Waals surface area contributed by atoms with Crippen molar-refractivity contribution in [2.75, 3.05) is 0 Å². The molecular weight excluding hydrogens is 464 g/mol. The van der Waals surface area contributed by atoms with E-state index in [0.717, 1.165) is 12.1 Å². The lowest BCUT2D eigenvalue weighted by atomic mass is 9.67. The first-order valence-electron chi connectivity index (χ1n) is 11.2. The lowest BCUT2D eigenvalue weighted by molar-refractivity contribution is -0.343. The average Bonchev–Trinajstić information content (AvgIpc) is 2.79. The smallest absolute Gasteiger partial charge is 0.335 e. The van der Waals surface area contributed by atoms with Gasteiger partial charge in [0.15, 0.2) is 5.78 Å². The van der Waals surface area contributed by atoms with Gasteiger partial charge in [0, 0.05) is 10.9 Å². The van der Waals surface area contributed by atoms with Gasteiger partial charge in [-0.05, 0) is 44.7 Å². The van der Waals surface area contributed by atoms with Crippen LogP contribution in [0.1, 0.15) is 53.0 Å². The zero-order valence-electron chi connectivity index (χ0n) is 19.3. The van der Waals surface area contributed by atoms with E-state index in [9.17, 15) is 45.3 Å². The molecule has 4 rings (SSSR count). The van der Waals surface area contributed by atoms with Crippen LogP contribution in [0.4, 0.5) is 0 Å². The van der Waals surface area contributed by atoms with E-state index in [1.807, 2.05) is 0 Å². The average molecular weight is 492 g/mol. The number of aliphatic hydroxyl groups is 4. The Morgan fingerprint density at radius 3 is 2.37 bits per heavy atom. The molecule has 1 aliphatic carbocycles. The van der Waals surface area contributed by atoms with Crippen molar-refractivity contribution >= 4 is 22.5 Å². The largest absolute Gasteiger partial charge is 0.507 e. The van der Waals surface area contributed by atoms with Crippen molar-refractivity contribution in [1.29, 1.82) is 0 Å². The number of phenolic OH excluding ortho intramolecular Hbond substituents is 2. The molecule has 2 aromatic rings. The second kappa shape index (κ2) is 8.61. The predicted molar refractivity (Wildman–Crippen MR) is 120 cm³/mol. The number of aliphatic hydroxyl groups excluding tert-OH is 3. The molecule has 7 N–H and O–H groups in total. The molecule has 7 atom stereocenters. The van der Waals surface area contributed by atoms with Crippen molar-refractivity contribution in [3.8, 4) is 17.2 Å². The molecule has 1 saturated heterocycles. The van der Waals surface area contributed by atoms with Crippen LogP contribution in [0.15, 0.2) is 12.1 Å². The number of fused-ring (bicyclic) bond motifs is 2. The summed E-state index contributed by atoms with van der Waals surface area (Å²) in [5, 5.41) is 73.9.